The molecule has 2 saturated heterocycles. The van der Waals surface area contributed by atoms with Gasteiger partial charge < -0.3 is 10.1 Å². The second-order valence-corrected chi connectivity index (χ2v) is 10.5. The lowest BCUT2D eigenvalue weighted by atomic mass is 10.2. The van der Waals surface area contributed by atoms with E-state index in [0.717, 1.165) is 38.7 Å². The van der Waals surface area contributed by atoms with E-state index in [1.807, 2.05) is 0 Å². The molecule has 1 aromatic carbocycles. The van der Waals surface area contributed by atoms with Crippen molar-refractivity contribution in [3.63, 3.8) is 0 Å². The van der Waals surface area contributed by atoms with Gasteiger partial charge in [-0.25, -0.2) is 13.1 Å². The van der Waals surface area contributed by atoms with E-state index in [2.05, 4.69) is 20.8 Å². The van der Waals surface area contributed by atoms with E-state index in [4.69, 9.17) is 4.74 Å². The number of rotatable bonds is 8. The van der Waals surface area contributed by atoms with Gasteiger partial charge in [-0.1, -0.05) is 18.2 Å². The van der Waals surface area contributed by atoms with Gasteiger partial charge in [0.05, 0.1) is 23.3 Å². The van der Waals surface area contributed by atoms with Gasteiger partial charge in [0.25, 0.3) is 0 Å². The van der Waals surface area contributed by atoms with Gasteiger partial charge in [-0.15, -0.1) is 5.10 Å². The van der Waals surface area contributed by atoms with Crippen LogP contribution in [0.15, 0.2) is 34.3 Å². The third kappa shape index (κ3) is 5.62. The molecule has 1 aromatic heterocycles. The Balaban J connectivity index is 1.30. The summed E-state index contributed by atoms with van der Waals surface area (Å²) in [5.41, 5.74) is 0.544. The quantitative estimate of drug-likeness (QED) is 0.585. The van der Waals surface area contributed by atoms with Crippen LogP contribution in [0.1, 0.15) is 32.1 Å². The van der Waals surface area contributed by atoms with E-state index in [1.165, 1.54) is 28.2 Å². The van der Waals surface area contributed by atoms with Crippen molar-refractivity contribution in [2.45, 2.75) is 54.8 Å². The molecule has 2 fully saturated rings. The molecule has 0 aliphatic carbocycles. The Morgan fingerprint density at radius 3 is 2.65 bits per heavy atom. The predicted molar refractivity (Wildman–Crippen MR) is 115 cm³/mol. The van der Waals surface area contributed by atoms with Crippen molar-refractivity contribution in [1.29, 1.82) is 0 Å². The molecule has 31 heavy (non-hydrogen) atoms. The number of aromatic nitrogens is 4. The summed E-state index contributed by atoms with van der Waals surface area (Å²) in [6.45, 7) is 2.45. The summed E-state index contributed by atoms with van der Waals surface area (Å²) < 4.78 is 34.2. The molecule has 0 bridgehead atoms. The number of ether oxygens (including phenoxy) is 1. The highest BCUT2D eigenvalue weighted by Gasteiger charge is 2.25. The number of sulfonamides is 1. The van der Waals surface area contributed by atoms with Crippen LogP contribution in [0.2, 0.25) is 0 Å². The first-order chi connectivity index (χ1) is 15.0. The molecular weight excluding hydrogens is 440 g/mol. The molecule has 2 aliphatic rings. The second kappa shape index (κ2) is 10.1. The topological polar surface area (TPSA) is 119 Å². The van der Waals surface area contributed by atoms with Gasteiger partial charge in [0.2, 0.25) is 21.1 Å². The summed E-state index contributed by atoms with van der Waals surface area (Å²) in [6.07, 6.45) is 4.97. The molecule has 10 nitrogen and oxygen atoms in total. The minimum atomic E-state index is -3.48. The average Bonchev–Trinajstić information content (AvgIpc) is 3.46. The third-order valence-electron chi connectivity index (χ3n) is 5.32. The van der Waals surface area contributed by atoms with Crippen LogP contribution in [0.25, 0.3) is 0 Å². The van der Waals surface area contributed by atoms with Crippen LogP contribution in [0.3, 0.4) is 0 Å². The first-order valence-corrected chi connectivity index (χ1v) is 12.9. The standard InChI is InChI=1S/C19H26N6O4S2/c26-18(14-30-19-21-22-23-25(19)13-16-5-4-12-29-16)20-15-6-8-17(9-7-15)31(27,28)24-10-2-1-3-11-24/h6-9,16H,1-5,10-14H2,(H,20,26)/t16-/m1/s1. The zero-order chi connectivity index (χ0) is 21.7. The number of tetrazole rings is 1. The van der Waals surface area contributed by atoms with E-state index >= 15 is 0 Å². The number of carbonyl (C=O) groups excluding carboxylic acids is 1. The summed E-state index contributed by atoms with van der Waals surface area (Å²) in [6, 6.07) is 6.30. The van der Waals surface area contributed by atoms with Crippen LogP contribution in [-0.2, 0) is 26.1 Å². The molecule has 0 spiro atoms. The smallest absolute Gasteiger partial charge is 0.243 e. The molecule has 2 aromatic rings. The molecule has 1 N–H and O–H groups in total. The zero-order valence-corrected chi connectivity index (χ0v) is 18.8. The van der Waals surface area contributed by atoms with E-state index in [1.54, 1.807) is 16.8 Å². The molecule has 2 aliphatic heterocycles. The maximum atomic E-state index is 12.7. The lowest BCUT2D eigenvalue weighted by Gasteiger charge is -2.25. The Hall–Kier alpha value is -2.02. The number of piperidine rings is 1. The third-order valence-corrected chi connectivity index (χ3v) is 8.19. The largest absolute Gasteiger partial charge is 0.376 e. The van der Waals surface area contributed by atoms with Gasteiger partial charge >= 0.3 is 0 Å². The molecule has 168 valence electrons. The highest BCUT2D eigenvalue weighted by atomic mass is 32.2. The number of anilines is 1. The molecule has 1 amide bonds. The van der Waals surface area contributed by atoms with E-state index < -0.39 is 10.0 Å². The van der Waals surface area contributed by atoms with Gasteiger partial charge in [0.15, 0.2) is 0 Å². The molecule has 12 heteroatoms. The lowest BCUT2D eigenvalue weighted by Crippen LogP contribution is -2.35. The predicted octanol–water partition coefficient (Wildman–Crippen LogP) is 1.76. The molecule has 4 rings (SSSR count). The molecule has 0 radical (unpaired) electrons. The van der Waals surface area contributed by atoms with Crippen LogP contribution >= 0.6 is 11.8 Å². The lowest BCUT2D eigenvalue weighted by molar-refractivity contribution is -0.113. The Morgan fingerprint density at radius 1 is 1.16 bits per heavy atom. The Bertz CT molecular complexity index is 983. The minimum absolute atomic E-state index is 0.108. The normalized spacial score (nSPS) is 20.1. The fraction of sp³-hybridized carbons (Fsp3) is 0.579. The molecule has 1 atom stereocenters. The molecule has 3 heterocycles. The highest BCUT2D eigenvalue weighted by Crippen LogP contribution is 2.23. The van der Waals surface area contributed by atoms with E-state index in [0.29, 0.717) is 30.5 Å². The SMILES string of the molecule is O=C(CSc1nnnn1C[C@H]1CCCO1)Nc1ccc(S(=O)(=O)N2CCCCC2)cc1. The number of hydrogen-bond donors (Lipinski definition) is 1. The van der Waals surface area contributed by atoms with Crippen molar-refractivity contribution in [2.75, 3.05) is 30.8 Å². The number of nitrogens with zero attached hydrogens (tertiary/aromatic N) is 5. The highest BCUT2D eigenvalue weighted by molar-refractivity contribution is 7.99. The maximum Gasteiger partial charge on any atom is 0.243 e. The zero-order valence-electron chi connectivity index (χ0n) is 17.1. The summed E-state index contributed by atoms with van der Waals surface area (Å²) in [5.74, 6) is -0.0805. The molecular formula is C19H26N6O4S2. The maximum absolute atomic E-state index is 12.7. The fourth-order valence-electron chi connectivity index (χ4n) is 3.69. The van der Waals surface area contributed by atoms with Crippen LogP contribution in [0.4, 0.5) is 5.69 Å². The van der Waals surface area contributed by atoms with Crippen molar-refractivity contribution < 1.29 is 17.9 Å². The number of hydrogen-bond acceptors (Lipinski definition) is 8. The number of carbonyl (C=O) groups is 1. The summed E-state index contributed by atoms with van der Waals surface area (Å²) in [7, 11) is -3.48. The number of nitrogens with one attached hydrogen (secondary N) is 1. The van der Waals surface area contributed by atoms with Crippen molar-refractivity contribution >= 4 is 33.4 Å². The molecule has 0 saturated carbocycles. The van der Waals surface area contributed by atoms with Gasteiger partial charge in [0.1, 0.15) is 0 Å². The van der Waals surface area contributed by atoms with Crippen LogP contribution < -0.4 is 5.32 Å². The number of amides is 1. The second-order valence-electron chi connectivity index (χ2n) is 7.60. The van der Waals surface area contributed by atoms with Crippen molar-refractivity contribution in [3.8, 4) is 0 Å². The van der Waals surface area contributed by atoms with Crippen molar-refractivity contribution in [1.82, 2.24) is 24.5 Å². The van der Waals surface area contributed by atoms with Crippen LogP contribution in [0, 0.1) is 0 Å². The summed E-state index contributed by atoms with van der Waals surface area (Å²) >= 11 is 1.25. The van der Waals surface area contributed by atoms with E-state index in [9.17, 15) is 13.2 Å². The van der Waals surface area contributed by atoms with Gasteiger partial charge in [-0.05, 0) is 60.4 Å². The van der Waals surface area contributed by atoms with Gasteiger partial charge in [-0.3, -0.25) is 4.79 Å². The summed E-state index contributed by atoms with van der Waals surface area (Å²) in [5, 5.41) is 15.0. The van der Waals surface area contributed by atoms with Crippen LogP contribution in [0.5, 0.6) is 0 Å². The first-order valence-electron chi connectivity index (χ1n) is 10.4. The monoisotopic (exact) mass is 466 g/mol. The van der Waals surface area contributed by atoms with Gasteiger partial charge in [0, 0.05) is 25.4 Å². The van der Waals surface area contributed by atoms with Crippen molar-refractivity contribution in [2.24, 2.45) is 0 Å². The van der Waals surface area contributed by atoms with Crippen LogP contribution in [-0.4, -0.2) is 70.4 Å². The fourth-order valence-corrected chi connectivity index (χ4v) is 5.89. The van der Waals surface area contributed by atoms with Crippen molar-refractivity contribution in [3.05, 3.63) is 24.3 Å². The first kappa shape index (κ1) is 22.2. The Kier molecular flexibility index (Phi) is 7.20. The Labute approximate surface area is 185 Å². The number of thioether (sulfide) groups is 1. The van der Waals surface area contributed by atoms with Gasteiger partial charge in [-0.2, -0.15) is 4.31 Å². The minimum Gasteiger partial charge on any atom is -0.376 e. The van der Waals surface area contributed by atoms with E-state index in [-0.39, 0.29) is 22.7 Å². The summed E-state index contributed by atoms with van der Waals surface area (Å²) in [4.78, 5) is 12.6. The molecule has 0 unspecified atom stereocenters. The Morgan fingerprint density at radius 2 is 1.94 bits per heavy atom. The average molecular weight is 467 g/mol. The number of benzene rings is 1.